The van der Waals surface area contributed by atoms with Gasteiger partial charge in [0.1, 0.15) is 23.9 Å². The fraction of sp³-hybridized carbons (Fsp3) is 0.208. The van der Waals surface area contributed by atoms with Gasteiger partial charge in [-0.3, -0.25) is 9.36 Å². The number of Topliss-reactive ketones (excluding diaryl/α,β-unsaturated/α-hetero) is 1. The van der Waals surface area contributed by atoms with E-state index in [1.54, 1.807) is 32.0 Å². The van der Waals surface area contributed by atoms with Crippen LogP contribution in [0.15, 0.2) is 63.5 Å². The standard InChI is InChI=1S/C24H22N2O6/c1-15-11-20(17(3)26(15)23-12-16(2)32-25-23)21(27)14-30-24(28)22-10-9-19(31-22)13-29-18-7-5-4-6-8-18/h4-12H,13-14H2,1-3H3. The van der Waals surface area contributed by atoms with Crippen LogP contribution < -0.4 is 4.74 Å². The largest absolute Gasteiger partial charge is 0.486 e. The second-order valence-electron chi connectivity index (χ2n) is 7.28. The van der Waals surface area contributed by atoms with Crippen LogP contribution in [0.25, 0.3) is 5.82 Å². The molecule has 1 aromatic carbocycles. The molecular formula is C24H22N2O6. The quantitative estimate of drug-likeness (QED) is 0.295. The molecule has 0 aliphatic rings. The van der Waals surface area contributed by atoms with Gasteiger partial charge < -0.3 is 18.4 Å². The van der Waals surface area contributed by atoms with Crippen molar-refractivity contribution >= 4 is 11.8 Å². The third-order valence-corrected chi connectivity index (χ3v) is 4.90. The minimum Gasteiger partial charge on any atom is -0.486 e. The van der Waals surface area contributed by atoms with E-state index >= 15 is 0 Å². The molecule has 0 unspecified atom stereocenters. The van der Waals surface area contributed by atoms with Gasteiger partial charge in [0.25, 0.3) is 0 Å². The highest BCUT2D eigenvalue weighted by atomic mass is 16.5. The maximum absolute atomic E-state index is 12.7. The van der Waals surface area contributed by atoms with Crippen molar-refractivity contribution in [3.8, 4) is 11.6 Å². The minimum atomic E-state index is -0.717. The van der Waals surface area contributed by atoms with Crippen molar-refractivity contribution in [1.29, 1.82) is 0 Å². The first-order valence-electron chi connectivity index (χ1n) is 10.0. The molecule has 4 aromatic rings. The van der Waals surface area contributed by atoms with E-state index in [1.807, 2.05) is 41.8 Å². The first-order valence-corrected chi connectivity index (χ1v) is 10.0. The number of carbonyl (C=O) groups excluding carboxylic acids is 2. The van der Waals surface area contributed by atoms with E-state index in [2.05, 4.69) is 5.16 Å². The maximum Gasteiger partial charge on any atom is 0.374 e. The van der Waals surface area contributed by atoms with Crippen LogP contribution in [0.2, 0.25) is 0 Å². The van der Waals surface area contributed by atoms with E-state index in [9.17, 15) is 9.59 Å². The van der Waals surface area contributed by atoms with Crippen molar-refractivity contribution in [1.82, 2.24) is 9.72 Å². The molecule has 3 aromatic heterocycles. The van der Waals surface area contributed by atoms with E-state index in [0.29, 0.717) is 34.3 Å². The summed E-state index contributed by atoms with van der Waals surface area (Å²) in [6, 6.07) is 15.9. The number of para-hydroxylation sites is 1. The van der Waals surface area contributed by atoms with Crippen LogP contribution in [0, 0.1) is 20.8 Å². The molecule has 4 rings (SSSR count). The summed E-state index contributed by atoms with van der Waals surface area (Å²) < 4.78 is 23.2. The molecule has 0 saturated heterocycles. The number of nitrogens with zero attached hydrogens (tertiary/aromatic N) is 2. The van der Waals surface area contributed by atoms with E-state index in [0.717, 1.165) is 5.69 Å². The lowest BCUT2D eigenvalue weighted by molar-refractivity contribution is 0.0440. The van der Waals surface area contributed by atoms with Crippen LogP contribution in [0.4, 0.5) is 0 Å². The van der Waals surface area contributed by atoms with Crippen molar-refractivity contribution < 1.29 is 28.0 Å². The Balaban J connectivity index is 1.36. The molecule has 0 N–H and O–H groups in total. The molecule has 3 heterocycles. The van der Waals surface area contributed by atoms with Gasteiger partial charge in [-0.1, -0.05) is 23.4 Å². The molecule has 8 heteroatoms. The van der Waals surface area contributed by atoms with Gasteiger partial charge in [0, 0.05) is 23.0 Å². The predicted octanol–water partition coefficient (Wildman–Crippen LogP) is 4.60. The van der Waals surface area contributed by atoms with Gasteiger partial charge >= 0.3 is 5.97 Å². The normalized spacial score (nSPS) is 10.8. The maximum atomic E-state index is 12.7. The Labute approximate surface area is 184 Å². The molecule has 0 bridgehead atoms. The first-order chi connectivity index (χ1) is 15.4. The summed E-state index contributed by atoms with van der Waals surface area (Å²) in [5.74, 6) is 1.39. The third kappa shape index (κ3) is 4.49. The Morgan fingerprint density at radius 2 is 1.81 bits per heavy atom. The number of carbonyl (C=O) groups is 2. The Morgan fingerprint density at radius 1 is 1.03 bits per heavy atom. The lowest BCUT2D eigenvalue weighted by Gasteiger charge is -2.06. The molecule has 0 aliphatic carbocycles. The average molecular weight is 434 g/mol. The first kappa shape index (κ1) is 21.2. The smallest absolute Gasteiger partial charge is 0.374 e. The fourth-order valence-electron chi connectivity index (χ4n) is 3.37. The highest BCUT2D eigenvalue weighted by Crippen LogP contribution is 2.21. The van der Waals surface area contributed by atoms with E-state index in [-0.39, 0.29) is 18.2 Å². The van der Waals surface area contributed by atoms with Gasteiger partial charge in [0.2, 0.25) is 11.5 Å². The monoisotopic (exact) mass is 434 g/mol. The number of aryl methyl sites for hydroxylation is 2. The molecular weight excluding hydrogens is 412 g/mol. The summed E-state index contributed by atoms with van der Waals surface area (Å²) in [6.45, 7) is 5.23. The Hall–Kier alpha value is -4.07. The highest BCUT2D eigenvalue weighted by Gasteiger charge is 2.21. The molecule has 0 saturated carbocycles. The van der Waals surface area contributed by atoms with Crippen LogP contribution in [0.3, 0.4) is 0 Å². The van der Waals surface area contributed by atoms with Crippen LogP contribution in [0.1, 0.15) is 43.8 Å². The molecule has 0 aliphatic heterocycles. The molecule has 32 heavy (non-hydrogen) atoms. The van der Waals surface area contributed by atoms with E-state index in [4.69, 9.17) is 18.4 Å². The summed E-state index contributed by atoms with van der Waals surface area (Å²) in [5, 5.41) is 4.00. The molecule has 0 atom stereocenters. The van der Waals surface area contributed by atoms with E-state index in [1.165, 1.54) is 6.07 Å². The van der Waals surface area contributed by atoms with Crippen molar-refractivity contribution in [3.05, 3.63) is 88.8 Å². The highest BCUT2D eigenvalue weighted by molar-refractivity contribution is 6.00. The Bertz CT molecular complexity index is 1250. The van der Waals surface area contributed by atoms with Gasteiger partial charge in [0.05, 0.1) is 0 Å². The zero-order valence-corrected chi connectivity index (χ0v) is 18.0. The third-order valence-electron chi connectivity index (χ3n) is 4.90. The fourth-order valence-corrected chi connectivity index (χ4v) is 3.37. The van der Waals surface area contributed by atoms with Gasteiger partial charge in [-0.2, -0.15) is 0 Å². The lowest BCUT2D eigenvalue weighted by Crippen LogP contribution is -2.14. The average Bonchev–Trinajstić information content (AvgIpc) is 3.50. The minimum absolute atomic E-state index is 0.00741. The van der Waals surface area contributed by atoms with Gasteiger partial charge in [-0.05, 0) is 51.1 Å². The number of esters is 1. The number of benzene rings is 1. The van der Waals surface area contributed by atoms with Gasteiger partial charge in [-0.15, -0.1) is 0 Å². The number of rotatable bonds is 8. The summed E-state index contributed by atoms with van der Waals surface area (Å²) in [6.07, 6.45) is 0. The van der Waals surface area contributed by atoms with Gasteiger partial charge in [-0.25, -0.2) is 4.79 Å². The number of ketones is 1. The topological polar surface area (TPSA) is 96.7 Å². The summed E-state index contributed by atoms with van der Waals surface area (Å²) in [5.41, 5.74) is 1.96. The zero-order valence-electron chi connectivity index (χ0n) is 18.0. The Kier molecular flexibility index (Phi) is 5.93. The summed E-state index contributed by atoms with van der Waals surface area (Å²) in [4.78, 5) is 25.0. The molecule has 0 amide bonds. The second-order valence-corrected chi connectivity index (χ2v) is 7.28. The Morgan fingerprint density at radius 3 is 2.53 bits per heavy atom. The van der Waals surface area contributed by atoms with Crippen molar-refractivity contribution in [2.45, 2.75) is 27.4 Å². The van der Waals surface area contributed by atoms with Crippen LogP contribution in [-0.4, -0.2) is 28.1 Å². The van der Waals surface area contributed by atoms with Crippen LogP contribution in [-0.2, 0) is 11.3 Å². The van der Waals surface area contributed by atoms with Crippen molar-refractivity contribution in [2.75, 3.05) is 6.61 Å². The van der Waals surface area contributed by atoms with Crippen LogP contribution >= 0.6 is 0 Å². The van der Waals surface area contributed by atoms with E-state index < -0.39 is 12.6 Å². The molecule has 8 nitrogen and oxygen atoms in total. The summed E-state index contributed by atoms with van der Waals surface area (Å²) >= 11 is 0. The number of aromatic nitrogens is 2. The zero-order chi connectivity index (χ0) is 22.7. The lowest BCUT2D eigenvalue weighted by atomic mass is 10.1. The second kappa shape index (κ2) is 8.97. The number of furan rings is 1. The van der Waals surface area contributed by atoms with Crippen LogP contribution in [0.5, 0.6) is 5.75 Å². The van der Waals surface area contributed by atoms with Gasteiger partial charge in [0.15, 0.2) is 12.4 Å². The van der Waals surface area contributed by atoms with Crippen molar-refractivity contribution in [3.63, 3.8) is 0 Å². The summed E-state index contributed by atoms with van der Waals surface area (Å²) in [7, 11) is 0. The molecule has 0 radical (unpaired) electrons. The number of hydrogen-bond donors (Lipinski definition) is 0. The molecule has 164 valence electrons. The predicted molar refractivity (Wildman–Crippen MR) is 114 cm³/mol. The molecule has 0 spiro atoms. The van der Waals surface area contributed by atoms with Crippen molar-refractivity contribution in [2.24, 2.45) is 0 Å². The number of hydrogen-bond acceptors (Lipinski definition) is 7. The SMILES string of the molecule is Cc1cc(-n2c(C)cc(C(=O)COC(=O)c3ccc(COc4ccccc4)o3)c2C)no1. The number of ether oxygens (including phenoxy) is 2. The molecule has 0 fully saturated rings.